The standard InChI is InChI=1S/C23H31NO3/c1-7-8-17(4)24-23(25)19-9-10-21(26-6)20(13-19)14-27-22-12-15(2)11-16(3)18(22)5/h9-13,17H,7-8,14H2,1-6H3,(H,24,25). The van der Waals surface area contributed by atoms with E-state index >= 15 is 0 Å². The molecule has 1 N–H and O–H groups in total. The van der Waals surface area contributed by atoms with Crippen molar-refractivity contribution in [3.8, 4) is 11.5 Å². The zero-order chi connectivity index (χ0) is 20.0. The Hall–Kier alpha value is -2.49. The number of hydrogen-bond donors (Lipinski definition) is 1. The van der Waals surface area contributed by atoms with Crippen LogP contribution >= 0.6 is 0 Å². The molecule has 1 unspecified atom stereocenters. The van der Waals surface area contributed by atoms with Crippen LogP contribution in [0, 0.1) is 20.8 Å². The third-order valence-corrected chi connectivity index (χ3v) is 4.79. The molecule has 0 fully saturated rings. The third kappa shape index (κ3) is 5.49. The number of hydrogen-bond acceptors (Lipinski definition) is 3. The van der Waals surface area contributed by atoms with Crippen LogP contribution in [0.5, 0.6) is 11.5 Å². The summed E-state index contributed by atoms with van der Waals surface area (Å²) in [6.45, 7) is 10.7. The highest BCUT2D eigenvalue weighted by Gasteiger charge is 2.13. The average Bonchev–Trinajstić information content (AvgIpc) is 2.63. The summed E-state index contributed by atoms with van der Waals surface area (Å²) in [7, 11) is 1.63. The summed E-state index contributed by atoms with van der Waals surface area (Å²) in [5, 5.41) is 3.04. The SMILES string of the molecule is CCCC(C)NC(=O)c1ccc(OC)c(COc2cc(C)cc(C)c2C)c1. The summed E-state index contributed by atoms with van der Waals surface area (Å²) in [6, 6.07) is 9.81. The fourth-order valence-electron chi connectivity index (χ4n) is 3.15. The van der Waals surface area contributed by atoms with Gasteiger partial charge in [0.25, 0.3) is 5.91 Å². The molecule has 4 heteroatoms. The van der Waals surface area contributed by atoms with E-state index in [2.05, 4.69) is 39.1 Å². The van der Waals surface area contributed by atoms with Crippen molar-refractivity contribution in [2.24, 2.45) is 0 Å². The van der Waals surface area contributed by atoms with Gasteiger partial charge in [-0.25, -0.2) is 0 Å². The summed E-state index contributed by atoms with van der Waals surface area (Å²) in [5.74, 6) is 1.51. The first-order valence-corrected chi connectivity index (χ1v) is 9.54. The van der Waals surface area contributed by atoms with Gasteiger partial charge in [-0.2, -0.15) is 0 Å². The Morgan fingerprint density at radius 2 is 1.85 bits per heavy atom. The summed E-state index contributed by atoms with van der Waals surface area (Å²) in [5.41, 5.74) is 4.97. The fourth-order valence-corrected chi connectivity index (χ4v) is 3.15. The van der Waals surface area contributed by atoms with Gasteiger partial charge in [0.1, 0.15) is 18.1 Å². The zero-order valence-corrected chi connectivity index (χ0v) is 17.3. The molecule has 0 aliphatic rings. The van der Waals surface area contributed by atoms with E-state index in [-0.39, 0.29) is 11.9 Å². The molecule has 0 bridgehead atoms. The molecule has 0 saturated heterocycles. The Morgan fingerprint density at radius 3 is 2.52 bits per heavy atom. The van der Waals surface area contributed by atoms with Gasteiger partial charge in [0.2, 0.25) is 0 Å². The monoisotopic (exact) mass is 369 g/mol. The van der Waals surface area contributed by atoms with Gasteiger partial charge in [-0.1, -0.05) is 19.4 Å². The van der Waals surface area contributed by atoms with Crippen molar-refractivity contribution < 1.29 is 14.3 Å². The van der Waals surface area contributed by atoms with E-state index in [1.807, 2.05) is 25.1 Å². The molecule has 4 nitrogen and oxygen atoms in total. The molecule has 2 aromatic carbocycles. The molecule has 0 radical (unpaired) electrons. The lowest BCUT2D eigenvalue weighted by Crippen LogP contribution is -2.32. The second-order valence-electron chi connectivity index (χ2n) is 7.18. The smallest absolute Gasteiger partial charge is 0.251 e. The highest BCUT2D eigenvalue weighted by molar-refractivity contribution is 5.94. The summed E-state index contributed by atoms with van der Waals surface area (Å²) >= 11 is 0. The molecular formula is C23H31NO3. The fraction of sp³-hybridized carbons (Fsp3) is 0.435. The van der Waals surface area contributed by atoms with Gasteiger partial charge < -0.3 is 14.8 Å². The Bertz CT molecular complexity index is 798. The second-order valence-corrected chi connectivity index (χ2v) is 7.18. The van der Waals surface area contributed by atoms with E-state index in [9.17, 15) is 4.79 Å². The van der Waals surface area contributed by atoms with Gasteiger partial charge >= 0.3 is 0 Å². The second kappa shape index (κ2) is 9.45. The van der Waals surface area contributed by atoms with Crippen LogP contribution in [0.1, 0.15) is 59.3 Å². The Balaban J connectivity index is 2.19. The number of benzene rings is 2. The predicted molar refractivity (Wildman–Crippen MR) is 110 cm³/mol. The van der Waals surface area contributed by atoms with E-state index in [4.69, 9.17) is 9.47 Å². The molecule has 0 aliphatic heterocycles. The van der Waals surface area contributed by atoms with Crippen molar-refractivity contribution >= 4 is 5.91 Å². The van der Waals surface area contributed by atoms with E-state index in [1.54, 1.807) is 13.2 Å². The minimum Gasteiger partial charge on any atom is -0.496 e. The average molecular weight is 370 g/mol. The molecular weight excluding hydrogens is 338 g/mol. The van der Waals surface area contributed by atoms with Gasteiger partial charge in [0, 0.05) is 17.2 Å². The Labute approximate surface area is 162 Å². The number of rotatable bonds is 8. The lowest BCUT2D eigenvalue weighted by molar-refractivity contribution is 0.0938. The van der Waals surface area contributed by atoms with Crippen LogP contribution in [0.3, 0.4) is 0 Å². The molecule has 0 saturated carbocycles. The van der Waals surface area contributed by atoms with Crippen molar-refractivity contribution in [2.75, 3.05) is 7.11 Å². The van der Waals surface area contributed by atoms with Crippen molar-refractivity contribution in [2.45, 2.75) is 60.1 Å². The quantitative estimate of drug-likeness (QED) is 0.703. The zero-order valence-electron chi connectivity index (χ0n) is 17.3. The molecule has 0 spiro atoms. The van der Waals surface area contributed by atoms with Crippen molar-refractivity contribution in [1.29, 1.82) is 0 Å². The summed E-state index contributed by atoms with van der Waals surface area (Å²) in [4.78, 5) is 12.5. The maximum atomic E-state index is 12.5. The first kappa shape index (κ1) is 20.8. The van der Waals surface area contributed by atoms with E-state index in [1.165, 1.54) is 5.56 Å². The minimum atomic E-state index is -0.0672. The molecule has 0 heterocycles. The van der Waals surface area contributed by atoms with Gasteiger partial charge in [0.05, 0.1) is 7.11 Å². The number of carbonyl (C=O) groups excluding carboxylic acids is 1. The molecule has 27 heavy (non-hydrogen) atoms. The first-order chi connectivity index (χ1) is 12.8. The molecule has 1 atom stereocenters. The predicted octanol–water partition coefficient (Wildman–Crippen LogP) is 5.12. The maximum absolute atomic E-state index is 12.5. The Kier molecular flexibility index (Phi) is 7.28. The van der Waals surface area contributed by atoms with E-state index in [0.29, 0.717) is 12.2 Å². The lowest BCUT2D eigenvalue weighted by atomic mass is 10.1. The maximum Gasteiger partial charge on any atom is 0.251 e. The van der Waals surface area contributed by atoms with Crippen LogP contribution in [-0.2, 0) is 6.61 Å². The van der Waals surface area contributed by atoms with Crippen molar-refractivity contribution in [1.82, 2.24) is 5.32 Å². The van der Waals surface area contributed by atoms with Gasteiger partial charge in [0.15, 0.2) is 0 Å². The minimum absolute atomic E-state index is 0.0672. The van der Waals surface area contributed by atoms with Crippen LogP contribution < -0.4 is 14.8 Å². The molecule has 1 amide bonds. The number of methoxy groups -OCH3 is 1. The number of carbonyl (C=O) groups is 1. The van der Waals surface area contributed by atoms with Crippen molar-refractivity contribution in [3.05, 3.63) is 58.1 Å². The van der Waals surface area contributed by atoms with Gasteiger partial charge in [-0.15, -0.1) is 0 Å². The topological polar surface area (TPSA) is 47.6 Å². The van der Waals surface area contributed by atoms with Crippen LogP contribution in [0.4, 0.5) is 0 Å². The molecule has 2 rings (SSSR count). The summed E-state index contributed by atoms with van der Waals surface area (Å²) in [6.07, 6.45) is 2.00. The van der Waals surface area contributed by atoms with Crippen LogP contribution in [0.2, 0.25) is 0 Å². The number of amides is 1. The van der Waals surface area contributed by atoms with Crippen LogP contribution in [0.25, 0.3) is 0 Å². The van der Waals surface area contributed by atoms with E-state index in [0.717, 1.165) is 41.0 Å². The lowest BCUT2D eigenvalue weighted by Gasteiger charge is -2.16. The number of ether oxygens (including phenoxy) is 2. The van der Waals surface area contributed by atoms with Crippen LogP contribution in [0.15, 0.2) is 30.3 Å². The normalized spacial score (nSPS) is 11.8. The molecule has 146 valence electrons. The largest absolute Gasteiger partial charge is 0.496 e. The van der Waals surface area contributed by atoms with E-state index < -0.39 is 0 Å². The number of aryl methyl sites for hydroxylation is 2. The number of nitrogens with one attached hydrogen (secondary N) is 1. The molecule has 0 aromatic heterocycles. The molecule has 0 aliphatic carbocycles. The molecule has 2 aromatic rings. The van der Waals surface area contributed by atoms with Gasteiger partial charge in [-0.05, 0) is 75.1 Å². The van der Waals surface area contributed by atoms with Crippen molar-refractivity contribution in [3.63, 3.8) is 0 Å². The van der Waals surface area contributed by atoms with Gasteiger partial charge in [-0.3, -0.25) is 4.79 Å². The summed E-state index contributed by atoms with van der Waals surface area (Å²) < 4.78 is 11.5. The highest BCUT2D eigenvalue weighted by Crippen LogP contribution is 2.27. The first-order valence-electron chi connectivity index (χ1n) is 9.54. The highest BCUT2D eigenvalue weighted by atomic mass is 16.5. The van der Waals surface area contributed by atoms with Crippen LogP contribution in [-0.4, -0.2) is 19.1 Å². The third-order valence-electron chi connectivity index (χ3n) is 4.79. The Morgan fingerprint density at radius 1 is 1.11 bits per heavy atom.